The molecular formula is C9H9N3. The first-order valence-corrected chi connectivity index (χ1v) is 3.72. The van der Waals surface area contributed by atoms with Crippen molar-refractivity contribution in [3.05, 3.63) is 36.5 Å². The molecule has 0 unspecified atom stereocenters. The molecule has 0 bridgehead atoms. The number of hydrogen-bond donors (Lipinski definition) is 1. The summed E-state index contributed by atoms with van der Waals surface area (Å²) in [7, 11) is 0. The molecule has 2 N–H and O–H groups in total. The molecule has 3 heteroatoms. The summed E-state index contributed by atoms with van der Waals surface area (Å²) in [6, 6.07) is 7.74. The van der Waals surface area contributed by atoms with Gasteiger partial charge in [-0.3, -0.25) is 10.0 Å². The summed E-state index contributed by atoms with van der Waals surface area (Å²) < 4.78 is 0. The fraction of sp³-hybridized carbons (Fsp3) is 0. The third kappa shape index (κ3) is 1.10. The highest BCUT2D eigenvalue weighted by Crippen LogP contribution is 2.27. The molecule has 1 aromatic carbocycles. The lowest BCUT2D eigenvalue weighted by molar-refractivity contribution is 1.08. The fourth-order valence-electron chi connectivity index (χ4n) is 1.13. The van der Waals surface area contributed by atoms with Crippen LogP contribution in [0.5, 0.6) is 0 Å². The molecule has 0 aromatic heterocycles. The monoisotopic (exact) mass is 159 g/mol. The molecule has 0 amide bonds. The summed E-state index contributed by atoms with van der Waals surface area (Å²) in [4.78, 5) is 4.20. The molecule has 2 rings (SSSR count). The predicted octanol–water partition coefficient (Wildman–Crippen LogP) is 1.60. The summed E-state index contributed by atoms with van der Waals surface area (Å²) in [5, 5.41) is 1.56. The Morgan fingerprint density at radius 3 is 3.00 bits per heavy atom. The first-order valence-electron chi connectivity index (χ1n) is 3.72. The van der Waals surface area contributed by atoms with E-state index in [2.05, 4.69) is 4.99 Å². The minimum Gasteiger partial charge on any atom is -0.285 e. The van der Waals surface area contributed by atoms with E-state index in [1.807, 2.05) is 24.3 Å². The van der Waals surface area contributed by atoms with Crippen LogP contribution >= 0.6 is 0 Å². The standard InChI is InChI=1S/C9H9N3/c10-12-7-3-6-11-8-4-1-2-5-9(8)12/h1-7H,10H2. The summed E-state index contributed by atoms with van der Waals surface area (Å²) in [5.74, 6) is 5.71. The number of benzene rings is 1. The molecular weight excluding hydrogens is 150 g/mol. The number of nitrogens with two attached hydrogens (primary N) is 1. The molecule has 12 heavy (non-hydrogen) atoms. The van der Waals surface area contributed by atoms with Crippen molar-refractivity contribution in [3.8, 4) is 0 Å². The van der Waals surface area contributed by atoms with Gasteiger partial charge in [0.15, 0.2) is 0 Å². The molecule has 0 radical (unpaired) electrons. The maximum atomic E-state index is 5.71. The lowest BCUT2D eigenvalue weighted by Gasteiger charge is -2.13. The summed E-state index contributed by atoms with van der Waals surface area (Å²) in [5.41, 5.74) is 1.81. The van der Waals surface area contributed by atoms with Gasteiger partial charge in [-0.2, -0.15) is 0 Å². The molecule has 0 atom stereocenters. The first-order chi connectivity index (χ1) is 5.88. The Kier molecular flexibility index (Phi) is 1.64. The molecule has 3 nitrogen and oxygen atoms in total. The van der Waals surface area contributed by atoms with E-state index in [9.17, 15) is 0 Å². The highest BCUT2D eigenvalue weighted by Gasteiger charge is 2.04. The SMILES string of the molecule is NN1C=CC=Nc2ccccc21. The molecule has 0 spiro atoms. The van der Waals surface area contributed by atoms with Crippen molar-refractivity contribution in [3.63, 3.8) is 0 Å². The smallest absolute Gasteiger partial charge is 0.0881 e. The van der Waals surface area contributed by atoms with Crippen LogP contribution in [-0.2, 0) is 0 Å². The highest BCUT2D eigenvalue weighted by molar-refractivity contribution is 5.82. The Balaban J connectivity index is 2.56. The molecule has 60 valence electrons. The van der Waals surface area contributed by atoms with Crippen molar-refractivity contribution < 1.29 is 0 Å². The number of nitrogens with zero attached hydrogens (tertiary/aromatic N) is 2. The van der Waals surface area contributed by atoms with Crippen molar-refractivity contribution in [2.75, 3.05) is 5.01 Å². The van der Waals surface area contributed by atoms with Crippen LogP contribution < -0.4 is 10.9 Å². The lowest BCUT2D eigenvalue weighted by Crippen LogP contribution is -2.23. The van der Waals surface area contributed by atoms with Crippen LogP contribution in [0.4, 0.5) is 11.4 Å². The van der Waals surface area contributed by atoms with E-state index < -0.39 is 0 Å². The zero-order chi connectivity index (χ0) is 8.39. The predicted molar refractivity (Wildman–Crippen MR) is 50.4 cm³/mol. The minimum absolute atomic E-state index is 0.894. The maximum absolute atomic E-state index is 5.71. The van der Waals surface area contributed by atoms with Crippen LogP contribution in [0.15, 0.2) is 41.5 Å². The van der Waals surface area contributed by atoms with Gasteiger partial charge in [-0.05, 0) is 18.2 Å². The fourth-order valence-corrected chi connectivity index (χ4v) is 1.13. The van der Waals surface area contributed by atoms with Gasteiger partial charge < -0.3 is 0 Å². The maximum Gasteiger partial charge on any atom is 0.0881 e. The van der Waals surface area contributed by atoms with Crippen LogP contribution in [0.2, 0.25) is 0 Å². The zero-order valence-electron chi connectivity index (χ0n) is 6.51. The summed E-state index contributed by atoms with van der Waals surface area (Å²) in [6.45, 7) is 0. The molecule has 0 fully saturated rings. The Morgan fingerprint density at radius 1 is 1.25 bits per heavy atom. The van der Waals surface area contributed by atoms with Crippen molar-refractivity contribution >= 4 is 17.6 Å². The Labute approximate surface area is 70.8 Å². The van der Waals surface area contributed by atoms with Gasteiger partial charge >= 0.3 is 0 Å². The topological polar surface area (TPSA) is 41.6 Å². The molecule has 1 heterocycles. The Hall–Kier alpha value is -1.61. The van der Waals surface area contributed by atoms with Gasteiger partial charge in [0.05, 0.1) is 11.4 Å². The number of fused-ring (bicyclic) bond motifs is 1. The third-order valence-electron chi connectivity index (χ3n) is 1.71. The number of hydrazine groups is 1. The third-order valence-corrected chi connectivity index (χ3v) is 1.71. The van der Waals surface area contributed by atoms with E-state index in [0.717, 1.165) is 11.4 Å². The van der Waals surface area contributed by atoms with Crippen molar-refractivity contribution in [2.24, 2.45) is 10.8 Å². The van der Waals surface area contributed by atoms with E-state index in [1.54, 1.807) is 23.5 Å². The number of aliphatic imine (C=N–C) groups is 1. The van der Waals surface area contributed by atoms with E-state index in [-0.39, 0.29) is 0 Å². The number of rotatable bonds is 0. The normalized spacial score (nSPS) is 14.2. The number of para-hydroxylation sites is 2. The second-order valence-corrected chi connectivity index (χ2v) is 2.52. The van der Waals surface area contributed by atoms with Crippen LogP contribution in [-0.4, -0.2) is 6.21 Å². The number of hydrogen-bond acceptors (Lipinski definition) is 3. The average molecular weight is 159 g/mol. The zero-order valence-corrected chi connectivity index (χ0v) is 6.51. The second kappa shape index (κ2) is 2.79. The van der Waals surface area contributed by atoms with Crippen molar-refractivity contribution in [2.45, 2.75) is 0 Å². The quantitative estimate of drug-likeness (QED) is 0.584. The van der Waals surface area contributed by atoms with E-state index in [4.69, 9.17) is 5.84 Å². The Morgan fingerprint density at radius 2 is 2.08 bits per heavy atom. The first kappa shape index (κ1) is 7.06. The number of allylic oxidation sites excluding steroid dienone is 1. The van der Waals surface area contributed by atoms with Crippen LogP contribution in [0, 0.1) is 0 Å². The van der Waals surface area contributed by atoms with E-state index >= 15 is 0 Å². The van der Waals surface area contributed by atoms with Gasteiger partial charge in [-0.15, -0.1) is 0 Å². The van der Waals surface area contributed by atoms with Crippen molar-refractivity contribution in [1.29, 1.82) is 0 Å². The second-order valence-electron chi connectivity index (χ2n) is 2.52. The van der Waals surface area contributed by atoms with Crippen molar-refractivity contribution in [1.82, 2.24) is 0 Å². The largest absolute Gasteiger partial charge is 0.285 e. The Bertz CT molecular complexity index is 341. The van der Waals surface area contributed by atoms with E-state index in [1.165, 1.54) is 0 Å². The average Bonchev–Trinajstić information content (AvgIpc) is 2.29. The lowest BCUT2D eigenvalue weighted by atomic mass is 10.2. The molecule has 1 aliphatic heterocycles. The molecule has 0 aliphatic carbocycles. The van der Waals surface area contributed by atoms with Gasteiger partial charge in [-0.25, -0.2) is 5.84 Å². The minimum atomic E-state index is 0.894. The molecule has 1 aliphatic rings. The van der Waals surface area contributed by atoms with Gasteiger partial charge in [0.25, 0.3) is 0 Å². The van der Waals surface area contributed by atoms with Gasteiger partial charge in [0.2, 0.25) is 0 Å². The van der Waals surface area contributed by atoms with E-state index in [0.29, 0.717) is 0 Å². The molecule has 0 saturated heterocycles. The van der Waals surface area contributed by atoms with Crippen LogP contribution in [0.25, 0.3) is 0 Å². The molecule has 1 aromatic rings. The van der Waals surface area contributed by atoms with Gasteiger partial charge in [-0.1, -0.05) is 12.1 Å². The summed E-state index contributed by atoms with van der Waals surface area (Å²) >= 11 is 0. The van der Waals surface area contributed by atoms with Gasteiger partial charge in [0, 0.05) is 12.4 Å². The number of anilines is 1. The summed E-state index contributed by atoms with van der Waals surface area (Å²) in [6.07, 6.45) is 5.31. The molecule has 0 saturated carbocycles. The highest BCUT2D eigenvalue weighted by atomic mass is 15.4. The van der Waals surface area contributed by atoms with Gasteiger partial charge in [0.1, 0.15) is 0 Å². The van der Waals surface area contributed by atoms with Crippen LogP contribution in [0.3, 0.4) is 0 Å². The van der Waals surface area contributed by atoms with Crippen LogP contribution in [0.1, 0.15) is 0 Å².